The molecule has 2 N–H and O–H groups in total. The van der Waals surface area contributed by atoms with Gasteiger partial charge < -0.3 is 10.6 Å². The third-order valence-corrected chi connectivity index (χ3v) is 3.79. The first kappa shape index (κ1) is 17.3. The fourth-order valence-corrected chi connectivity index (χ4v) is 2.61. The molecule has 3 aromatic rings. The van der Waals surface area contributed by atoms with Gasteiger partial charge in [0.15, 0.2) is 5.65 Å². The lowest BCUT2D eigenvalue weighted by Gasteiger charge is -2.03. The van der Waals surface area contributed by atoms with Crippen LogP contribution in [0.1, 0.15) is 18.2 Å². The van der Waals surface area contributed by atoms with Crippen LogP contribution in [0.2, 0.25) is 0 Å². The molecule has 0 radical (unpaired) electrons. The molecule has 26 heavy (non-hydrogen) atoms. The number of aromatic nitrogens is 3. The minimum atomic E-state index is -0.251. The molecular formula is C19H19N5O2. The fourth-order valence-electron chi connectivity index (χ4n) is 2.61. The second-order valence-electron chi connectivity index (χ2n) is 5.93. The van der Waals surface area contributed by atoms with E-state index in [9.17, 15) is 9.59 Å². The summed E-state index contributed by atoms with van der Waals surface area (Å²) in [6.45, 7) is 3.36. The predicted molar refractivity (Wildman–Crippen MR) is 102 cm³/mol. The summed E-state index contributed by atoms with van der Waals surface area (Å²) in [6.07, 6.45) is 4.76. The van der Waals surface area contributed by atoms with Crippen LogP contribution < -0.4 is 10.6 Å². The van der Waals surface area contributed by atoms with Crippen molar-refractivity contribution >= 4 is 40.3 Å². The highest BCUT2D eigenvalue weighted by Gasteiger charge is 2.08. The molecule has 0 aliphatic carbocycles. The third-order valence-electron chi connectivity index (χ3n) is 3.79. The van der Waals surface area contributed by atoms with Gasteiger partial charge in [0, 0.05) is 31.1 Å². The van der Waals surface area contributed by atoms with E-state index in [0.717, 1.165) is 22.3 Å². The van der Waals surface area contributed by atoms with Crippen molar-refractivity contribution in [1.29, 1.82) is 0 Å². The van der Waals surface area contributed by atoms with E-state index in [2.05, 4.69) is 20.7 Å². The highest BCUT2D eigenvalue weighted by Crippen LogP contribution is 2.19. The number of hydrogen-bond donors (Lipinski definition) is 2. The van der Waals surface area contributed by atoms with Crippen molar-refractivity contribution in [3.8, 4) is 0 Å². The van der Waals surface area contributed by atoms with Crippen LogP contribution in [-0.2, 0) is 16.6 Å². The SMILES string of the molecule is CC(=O)Nc1ccc(/C=C/C(=O)Nc2cnc3c(c2)c(C)nn3C)cc1. The van der Waals surface area contributed by atoms with Crippen LogP contribution >= 0.6 is 0 Å². The Kier molecular flexibility index (Phi) is 4.79. The van der Waals surface area contributed by atoms with Gasteiger partial charge in [-0.2, -0.15) is 5.10 Å². The van der Waals surface area contributed by atoms with Crippen LogP contribution in [0, 0.1) is 6.92 Å². The molecule has 0 aliphatic heterocycles. The maximum atomic E-state index is 12.1. The second-order valence-corrected chi connectivity index (χ2v) is 5.93. The van der Waals surface area contributed by atoms with Gasteiger partial charge in [0.05, 0.1) is 17.6 Å². The van der Waals surface area contributed by atoms with E-state index in [1.54, 1.807) is 29.1 Å². The molecule has 1 aromatic carbocycles. The van der Waals surface area contributed by atoms with E-state index in [1.165, 1.54) is 13.0 Å². The molecule has 0 spiro atoms. The Labute approximate surface area is 150 Å². The van der Waals surface area contributed by atoms with Crippen LogP contribution in [-0.4, -0.2) is 26.6 Å². The summed E-state index contributed by atoms with van der Waals surface area (Å²) in [7, 11) is 1.83. The zero-order valence-electron chi connectivity index (χ0n) is 14.8. The molecule has 0 unspecified atom stereocenters. The molecule has 0 fully saturated rings. The quantitative estimate of drug-likeness (QED) is 0.709. The average Bonchev–Trinajstić information content (AvgIpc) is 2.88. The highest BCUT2D eigenvalue weighted by molar-refractivity contribution is 6.02. The first-order valence-corrected chi connectivity index (χ1v) is 8.08. The minimum absolute atomic E-state index is 0.123. The predicted octanol–water partition coefficient (Wildman–Crippen LogP) is 2.89. The van der Waals surface area contributed by atoms with Gasteiger partial charge in [0.2, 0.25) is 11.8 Å². The summed E-state index contributed by atoms with van der Waals surface area (Å²) < 4.78 is 1.71. The second kappa shape index (κ2) is 7.18. The van der Waals surface area contributed by atoms with Crippen molar-refractivity contribution in [3.63, 3.8) is 0 Å². The molecule has 2 heterocycles. The average molecular weight is 349 g/mol. The van der Waals surface area contributed by atoms with Gasteiger partial charge in [-0.25, -0.2) is 4.98 Å². The summed E-state index contributed by atoms with van der Waals surface area (Å²) in [5.74, 6) is -0.374. The number of carbonyl (C=O) groups excluding carboxylic acids is 2. The third kappa shape index (κ3) is 3.94. The molecule has 7 heteroatoms. The lowest BCUT2D eigenvalue weighted by atomic mass is 10.2. The first-order valence-electron chi connectivity index (χ1n) is 8.08. The Morgan fingerprint density at radius 2 is 1.85 bits per heavy atom. The standard InChI is InChI=1S/C19H19N5O2/c1-12-17-10-16(11-20-19(17)24(3)23-12)22-18(26)9-6-14-4-7-15(8-5-14)21-13(2)25/h4-11H,1-3H3,(H,21,25)(H,22,26)/b9-6+. The molecule has 0 saturated heterocycles. The van der Waals surface area contributed by atoms with E-state index >= 15 is 0 Å². The normalized spacial score (nSPS) is 11.0. The molecule has 0 aliphatic rings. The Morgan fingerprint density at radius 3 is 2.54 bits per heavy atom. The monoisotopic (exact) mass is 349 g/mol. The Morgan fingerprint density at radius 1 is 1.12 bits per heavy atom. The van der Waals surface area contributed by atoms with Crippen LogP contribution in [0.4, 0.5) is 11.4 Å². The maximum absolute atomic E-state index is 12.1. The molecule has 0 bridgehead atoms. The zero-order chi connectivity index (χ0) is 18.7. The van der Waals surface area contributed by atoms with Gasteiger partial charge >= 0.3 is 0 Å². The van der Waals surface area contributed by atoms with Crippen LogP contribution in [0.5, 0.6) is 0 Å². The van der Waals surface area contributed by atoms with Gasteiger partial charge in [0.25, 0.3) is 0 Å². The van der Waals surface area contributed by atoms with Gasteiger partial charge in [-0.3, -0.25) is 14.3 Å². The number of benzene rings is 1. The Balaban J connectivity index is 1.67. The minimum Gasteiger partial charge on any atom is -0.326 e. The van der Waals surface area contributed by atoms with Crippen molar-refractivity contribution in [1.82, 2.24) is 14.8 Å². The number of aryl methyl sites for hydroxylation is 2. The number of amides is 2. The van der Waals surface area contributed by atoms with Crippen molar-refractivity contribution < 1.29 is 9.59 Å². The Bertz CT molecular complexity index is 1000. The van der Waals surface area contributed by atoms with Crippen molar-refractivity contribution in [2.24, 2.45) is 7.05 Å². The molecule has 0 saturated carbocycles. The maximum Gasteiger partial charge on any atom is 0.248 e. The summed E-state index contributed by atoms with van der Waals surface area (Å²) >= 11 is 0. The van der Waals surface area contributed by atoms with Crippen molar-refractivity contribution in [2.45, 2.75) is 13.8 Å². The van der Waals surface area contributed by atoms with Crippen molar-refractivity contribution in [2.75, 3.05) is 10.6 Å². The van der Waals surface area contributed by atoms with E-state index in [1.807, 2.05) is 32.2 Å². The van der Waals surface area contributed by atoms with E-state index in [-0.39, 0.29) is 11.8 Å². The number of anilines is 2. The molecule has 3 rings (SSSR count). The van der Waals surface area contributed by atoms with E-state index in [0.29, 0.717) is 11.4 Å². The highest BCUT2D eigenvalue weighted by atomic mass is 16.2. The van der Waals surface area contributed by atoms with Gasteiger partial charge in [0.1, 0.15) is 0 Å². The largest absolute Gasteiger partial charge is 0.326 e. The molecule has 132 valence electrons. The molecule has 0 atom stereocenters. The van der Waals surface area contributed by atoms with Gasteiger partial charge in [-0.15, -0.1) is 0 Å². The van der Waals surface area contributed by atoms with Gasteiger partial charge in [-0.1, -0.05) is 12.1 Å². The first-order chi connectivity index (χ1) is 12.4. The number of fused-ring (bicyclic) bond motifs is 1. The molecule has 2 aromatic heterocycles. The number of rotatable bonds is 4. The fraction of sp³-hybridized carbons (Fsp3) is 0.158. The lowest BCUT2D eigenvalue weighted by Crippen LogP contribution is -2.08. The van der Waals surface area contributed by atoms with Gasteiger partial charge in [-0.05, 0) is 36.8 Å². The van der Waals surface area contributed by atoms with E-state index in [4.69, 9.17) is 0 Å². The van der Waals surface area contributed by atoms with E-state index < -0.39 is 0 Å². The van der Waals surface area contributed by atoms with Crippen LogP contribution in [0.15, 0.2) is 42.6 Å². The molecule has 7 nitrogen and oxygen atoms in total. The number of nitrogens with one attached hydrogen (secondary N) is 2. The summed E-state index contributed by atoms with van der Waals surface area (Å²) in [5.41, 5.74) is 3.82. The summed E-state index contributed by atoms with van der Waals surface area (Å²) in [4.78, 5) is 27.5. The van der Waals surface area contributed by atoms with Crippen LogP contribution in [0.3, 0.4) is 0 Å². The van der Waals surface area contributed by atoms with Crippen LogP contribution in [0.25, 0.3) is 17.1 Å². The smallest absolute Gasteiger partial charge is 0.248 e. The molecular weight excluding hydrogens is 330 g/mol. The number of hydrogen-bond acceptors (Lipinski definition) is 4. The number of carbonyl (C=O) groups is 2. The lowest BCUT2D eigenvalue weighted by molar-refractivity contribution is -0.114. The molecule has 2 amide bonds. The topological polar surface area (TPSA) is 88.9 Å². The van der Waals surface area contributed by atoms with Crippen molar-refractivity contribution in [3.05, 3.63) is 53.9 Å². The summed E-state index contributed by atoms with van der Waals surface area (Å²) in [5, 5.41) is 10.7. The summed E-state index contributed by atoms with van der Waals surface area (Å²) in [6, 6.07) is 9.06. The number of pyridine rings is 1. The Hall–Kier alpha value is -3.48. The number of nitrogens with zero attached hydrogens (tertiary/aromatic N) is 3. The zero-order valence-corrected chi connectivity index (χ0v) is 14.8.